The van der Waals surface area contributed by atoms with E-state index in [0.717, 1.165) is 22.4 Å². The number of benzene rings is 1. The maximum absolute atomic E-state index is 11.1. The number of aryl methyl sites for hydroxylation is 3. The average molecular weight is 273 g/mol. The summed E-state index contributed by atoms with van der Waals surface area (Å²) in [6.07, 6.45) is 1.20. The molecule has 7 heteroatoms. The van der Waals surface area contributed by atoms with E-state index >= 15 is 0 Å². The largest absolute Gasteiger partial charge is 0.378 e. The van der Waals surface area contributed by atoms with Gasteiger partial charge in [-0.1, -0.05) is 17.7 Å². The van der Waals surface area contributed by atoms with Crippen molar-refractivity contribution in [2.75, 3.05) is 11.1 Å². The normalized spacial score (nSPS) is 10.3. The Hall–Kier alpha value is -2.70. The van der Waals surface area contributed by atoms with Crippen LogP contribution < -0.4 is 11.1 Å². The second-order valence-electron chi connectivity index (χ2n) is 4.61. The number of anilines is 3. The Kier molecular flexibility index (Phi) is 3.51. The van der Waals surface area contributed by atoms with Crippen molar-refractivity contribution in [3.63, 3.8) is 0 Å². The van der Waals surface area contributed by atoms with E-state index in [-0.39, 0.29) is 17.3 Å². The minimum absolute atomic E-state index is 0.0950. The van der Waals surface area contributed by atoms with Crippen molar-refractivity contribution in [2.45, 2.75) is 20.8 Å². The van der Waals surface area contributed by atoms with Crippen molar-refractivity contribution in [1.82, 2.24) is 9.97 Å². The zero-order chi connectivity index (χ0) is 14.9. The Morgan fingerprint density at radius 1 is 1.20 bits per heavy atom. The summed E-state index contributed by atoms with van der Waals surface area (Å²) in [7, 11) is 0. The predicted molar refractivity (Wildman–Crippen MR) is 77.0 cm³/mol. The molecule has 0 fully saturated rings. The maximum Gasteiger partial charge on any atom is 0.353 e. The Balaban J connectivity index is 2.51. The van der Waals surface area contributed by atoms with Gasteiger partial charge in [0.1, 0.15) is 6.33 Å². The van der Waals surface area contributed by atoms with Crippen molar-refractivity contribution in [3.8, 4) is 0 Å². The monoisotopic (exact) mass is 273 g/mol. The zero-order valence-corrected chi connectivity index (χ0v) is 11.5. The first kappa shape index (κ1) is 13.7. The van der Waals surface area contributed by atoms with Crippen LogP contribution in [0.1, 0.15) is 16.7 Å². The molecule has 1 aromatic heterocycles. The van der Waals surface area contributed by atoms with E-state index in [2.05, 4.69) is 15.3 Å². The minimum Gasteiger partial charge on any atom is -0.378 e. The van der Waals surface area contributed by atoms with Crippen LogP contribution in [0.3, 0.4) is 0 Å². The van der Waals surface area contributed by atoms with E-state index < -0.39 is 4.92 Å². The molecule has 0 atom stereocenters. The summed E-state index contributed by atoms with van der Waals surface area (Å²) >= 11 is 0. The number of nitrogens with zero attached hydrogens (tertiary/aromatic N) is 3. The summed E-state index contributed by atoms with van der Waals surface area (Å²) in [5.41, 5.74) is 9.11. The van der Waals surface area contributed by atoms with Crippen molar-refractivity contribution >= 4 is 23.0 Å². The van der Waals surface area contributed by atoms with Gasteiger partial charge in [0.25, 0.3) is 0 Å². The van der Waals surface area contributed by atoms with Gasteiger partial charge in [-0.2, -0.15) is 0 Å². The third kappa shape index (κ3) is 2.51. The first-order chi connectivity index (χ1) is 9.40. The highest BCUT2D eigenvalue weighted by molar-refractivity contribution is 5.75. The van der Waals surface area contributed by atoms with E-state index in [1.807, 2.05) is 32.9 Å². The standard InChI is InChI=1S/C13H15N5O2/c1-7-4-8(2)10(9(3)5-7)17-13-11(18(19)20)12(14)15-6-16-13/h4-6H,1-3H3,(H3,14,15,16,17). The molecule has 0 saturated carbocycles. The summed E-state index contributed by atoms with van der Waals surface area (Å²) in [5.74, 6) is -0.0625. The Morgan fingerprint density at radius 2 is 1.80 bits per heavy atom. The molecule has 3 N–H and O–H groups in total. The number of hydrogen-bond donors (Lipinski definition) is 2. The van der Waals surface area contributed by atoms with Crippen LogP contribution in [0.25, 0.3) is 0 Å². The van der Waals surface area contributed by atoms with Gasteiger partial charge in [-0.25, -0.2) is 9.97 Å². The fourth-order valence-electron chi connectivity index (χ4n) is 2.16. The fourth-order valence-corrected chi connectivity index (χ4v) is 2.16. The zero-order valence-electron chi connectivity index (χ0n) is 11.5. The maximum atomic E-state index is 11.1. The number of hydrogen-bond acceptors (Lipinski definition) is 6. The van der Waals surface area contributed by atoms with Crippen LogP contribution in [0.15, 0.2) is 18.5 Å². The second-order valence-corrected chi connectivity index (χ2v) is 4.61. The van der Waals surface area contributed by atoms with Gasteiger partial charge in [-0.15, -0.1) is 0 Å². The molecule has 0 spiro atoms. The quantitative estimate of drug-likeness (QED) is 0.657. The molecule has 0 amide bonds. The molecule has 1 aromatic carbocycles. The van der Waals surface area contributed by atoms with Crippen LogP contribution in [0.2, 0.25) is 0 Å². The van der Waals surface area contributed by atoms with Gasteiger partial charge in [0.15, 0.2) is 0 Å². The summed E-state index contributed by atoms with van der Waals surface area (Å²) in [6.45, 7) is 5.85. The molecule has 0 aliphatic rings. The smallest absolute Gasteiger partial charge is 0.353 e. The summed E-state index contributed by atoms with van der Waals surface area (Å²) in [6, 6.07) is 3.98. The van der Waals surface area contributed by atoms with Crippen molar-refractivity contribution in [1.29, 1.82) is 0 Å². The molecule has 2 rings (SSSR count). The molecule has 0 bridgehead atoms. The molecule has 0 aliphatic carbocycles. The average Bonchev–Trinajstić information content (AvgIpc) is 2.33. The van der Waals surface area contributed by atoms with Crippen LogP contribution in [0.5, 0.6) is 0 Å². The van der Waals surface area contributed by atoms with Gasteiger partial charge in [0, 0.05) is 5.69 Å². The third-order valence-electron chi connectivity index (χ3n) is 2.95. The molecule has 0 unspecified atom stereocenters. The van der Waals surface area contributed by atoms with Gasteiger partial charge in [-0.3, -0.25) is 10.1 Å². The highest BCUT2D eigenvalue weighted by atomic mass is 16.6. The number of nitrogens with one attached hydrogen (secondary N) is 1. The number of nitrogen functional groups attached to an aromatic ring is 1. The molecular formula is C13H15N5O2. The minimum atomic E-state index is -0.587. The van der Waals surface area contributed by atoms with Crippen LogP contribution in [0, 0.1) is 30.9 Å². The fraction of sp³-hybridized carbons (Fsp3) is 0.231. The summed E-state index contributed by atoms with van der Waals surface area (Å²) in [5, 5.41) is 14.0. The number of rotatable bonds is 3. The lowest BCUT2D eigenvalue weighted by Crippen LogP contribution is -2.06. The van der Waals surface area contributed by atoms with Gasteiger partial charge >= 0.3 is 5.69 Å². The van der Waals surface area contributed by atoms with E-state index in [0.29, 0.717) is 0 Å². The second kappa shape index (κ2) is 5.12. The summed E-state index contributed by atoms with van der Waals surface area (Å²) < 4.78 is 0. The van der Waals surface area contributed by atoms with Crippen LogP contribution in [0.4, 0.5) is 23.0 Å². The Labute approximate surface area is 116 Å². The molecule has 2 aromatic rings. The van der Waals surface area contributed by atoms with Gasteiger partial charge in [-0.05, 0) is 31.9 Å². The lowest BCUT2D eigenvalue weighted by molar-refractivity contribution is -0.383. The number of nitrogens with two attached hydrogens (primary N) is 1. The SMILES string of the molecule is Cc1cc(C)c(Nc2ncnc(N)c2[N+](=O)[O-])c(C)c1. The Bertz CT molecular complexity index is 661. The highest BCUT2D eigenvalue weighted by Gasteiger charge is 2.21. The lowest BCUT2D eigenvalue weighted by atomic mass is 10.1. The van der Waals surface area contributed by atoms with Crippen molar-refractivity contribution in [2.24, 2.45) is 0 Å². The van der Waals surface area contributed by atoms with E-state index in [4.69, 9.17) is 5.73 Å². The van der Waals surface area contributed by atoms with E-state index in [1.54, 1.807) is 0 Å². The third-order valence-corrected chi connectivity index (χ3v) is 2.95. The van der Waals surface area contributed by atoms with E-state index in [9.17, 15) is 10.1 Å². The molecule has 7 nitrogen and oxygen atoms in total. The number of aromatic nitrogens is 2. The molecule has 0 radical (unpaired) electrons. The first-order valence-corrected chi connectivity index (χ1v) is 6.00. The lowest BCUT2D eigenvalue weighted by Gasteiger charge is -2.13. The van der Waals surface area contributed by atoms with Crippen LogP contribution in [-0.2, 0) is 0 Å². The topological polar surface area (TPSA) is 107 Å². The molecule has 20 heavy (non-hydrogen) atoms. The Morgan fingerprint density at radius 3 is 2.35 bits per heavy atom. The van der Waals surface area contributed by atoms with Crippen molar-refractivity contribution < 1.29 is 4.92 Å². The molecular weight excluding hydrogens is 258 g/mol. The van der Waals surface area contributed by atoms with Gasteiger partial charge in [0.05, 0.1) is 4.92 Å². The first-order valence-electron chi connectivity index (χ1n) is 6.00. The molecule has 0 aliphatic heterocycles. The van der Waals surface area contributed by atoms with Gasteiger partial charge in [0.2, 0.25) is 11.6 Å². The highest BCUT2D eigenvalue weighted by Crippen LogP contribution is 2.32. The molecule has 0 saturated heterocycles. The molecule has 1 heterocycles. The van der Waals surface area contributed by atoms with Crippen LogP contribution in [-0.4, -0.2) is 14.9 Å². The predicted octanol–water partition coefficient (Wildman–Crippen LogP) is 2.64. The van der Waals surface area contributed by atoms with Gasteiger partial charge < -0.3 is 11.1 Å². The van der Waals surface area contributed by atoms with Crippen LogP contribution >= 0.6 is 0 Å². The van der Waals surface area contributed by atoms with Crippen molar-refractivity contribution in [3.05, 3.63) is 45.3 Å². The number of nitro groups is 1. The molecule has 104 valence electrons. The summed E-state index contributed by atoms with van der Waals surface area (Å²) in [4.78, 5) is 18.0. The van der Waals surface area contributed by atoms with E-state index in [1.165, 1.54) is 6.33 Å².